The molecular formula is C35H33N5O10S5. The van der Waals surface area contributed by atoms with Crippen molar-refractivity contribution >= 4 is 114 Å². The van der Waals surface area contributed by atoms with Gasteiger partial charge in [-0.05, 0) is 55.0 Å². The average Bonchev–Trinajstić information content (AvgIpc) is 3.96. The molecular weight excluding hydrogens is 811 g/mol. The number of nitrogens with zero attached hydrogens (tertiary/aromatic N) is 3. The Balaban J connectivity index is 0.000000278. The van der Waals surface area contributed by atoms with Crippen molar-refractivity contribution in [3.8, 4) is 11.5 Å². The number of thiophene rings is 2. The molecule has 1 fully saturated rings. The highest BCUT2D eigenvalue weighted by atomic mass is 32.2. The summed E-state index contributed by atoms with van der Waals surface area (Å²) in [4.78, 5) is 48.6. The van der Waals surface area contributed by atoms with Gasteiger partial charge in [0, 0.05) is 31.0 Å². The molecule has 0 spiro atoms. The average molecular weight is 844 g/mol. The number of nitrogen functional groups attached to an aromatic ring is 1. The highest BCUT2D eigenvalue weighted by Crippen LogP contribution is 2.45. The van der Waals surface area contributed by atoms with E-state index in [-0.39, 0.29) is 21.6 Å². The smallest absolute Gasteiger partial charge is 0.437 e. The van der Waals surface area contributed by atoms with Gasteiger partial charge < -0.3 is 39.6 Å². The normalized spacial score (nSPS) is 15.3. The summed E-state index contributed by atoms with van der Waals surface area (Å²) in [6.45, 7) is 1.29. The van der Waals surface area contributed by atoms with E-state index in [1.807, 2.05) is 24.1 Å². The number of nitrogens with one attached hydrogen (secondary N) is 1. The van der Waals surface area contributed by atoms with Crippen LogP contribution in [0.2, 0.25) is 0 Å². The van der Waals surface area contributed by atoms with Crippen molar-refractivity contribution in [2.24, 2.45) is 5.92 Å². The van der Waals surface area contributed by atoms with Crippen molar-refractivity contribution in [1.29, 1.82) is 0 Å². The Kier molecular flexibility index (Phi) is 11.2. The molecule has 0 saturated carbocycles. The molecule has 4 aromatic heterocycles. The fraction of sp³-hybridized carbons (Fsp3) is 0.286. The third-order valence-corrected chi connectivity index (χ3v) is 14.6. The van der Waals surface area contributed by atoms with Gasteiger partial charge in [-0.15, -0.1) is 22.7 Å². The minimum Gasteiger partial charge on any atom is -0.437 e. The largest absolute Gasteiger partial charge is 0.513 e. The molecule has 2 aliphatic heterocycles. The minimum atomic E-state index is -3.71. The molecule has 0 radical (unpaired) electrons. The van der Waals surface area contributed by atoms with Crippen LogP contribution in [0, 0.1) is 5.92 Å². The summed E-state index contributed by atoms with van der Waals surface area (Å²) < 4.78 is 52.8. The number of nitrogens with two attached hydrogens (primary N) is 1. The molecule has 8 rings (SSSR count). The molecule has 20 heteroatoms. The number of rotatable bonds is 7. The van der Waals surface area contributed by atoms with E-state index in [4.69, 9.17) is 19.9 Å². The predicted molar refractivity (Wildman–Crippen MR) is 211 cm³/mol. The second kappa shape index (κ2) is 16.1. The maximum atomic E-state index is 13.9. The number of hydrogen-bond donors (Lipinski definition) is 2. The first kappa shape index (κ1) is 38.4. The Labute approximate surface area is 330 Å². The number of fused-ring (bicyclic) bond motifs is 4. The molecule has 0 bridgehead atoms. The summed E-state index contributed by atoms with van der Waals surface area (Å²) in [6.07, 6.45) is 0.700. The van der Waals surface area contributed by atoms with Gasteiger partial charge in [0.15, 0.2) is 21.8 Å². The first-order valence-corrected chi connectivity index (χ1v) is 21.5. The molecule has 0 aliphatic carbocycles. The third kappa shape index (κ3) is 7.96. The fourth-order valence-corrected chi connectivity index (χ4v) is 11.7. The zero-order valence-electron chi connectivity index (χ0n) is 29.4. The number of carbonyl (C=O) groups excluding carboxylic acids is 3. The van der Waals surface area contributed by atoms with Crippen LogP contribution in [0.5, 0.6) is 11.5 Å². The van der Waals surface area contributed by atoms with Crippen LogP contribution < -0.4 is 25.4 Å². The van der Waals surface area contributed by atoms with E-state index in [1.165, 1.54) is 59.6 Å². The summed E-state index contributed by atoms with van der Waals surface area (Å²) in [7, 11) is 0.615. The van der Waals surface area contributed by atoms with Crippen LogP contribution in [-0.2, 0) is 28.8 Å². The number of methoxy groups -OCH3 is 2. The maximum Gasteiger partial charge on any atom is 0.513 e. The van der Waals surface area contributed by atoms with Gasteiger partial charge in [0.2, 0.25) is 15.7 Å². The lowest BCUT2D eigenvalue weighted by atomic mass is 9.84. The van der Waals surface area contributed by atoms with Crippen molar-refractivity contribution in [1.82, 2.24) is 9.97 Å². The Morgan fingerprint density at radius 2 is 1.53 bits per heavy atom. The number of benzene rings is 2. The number of thiazole rings is 2. The topological polar surface area (TPSA) is 199 Å². The van der Waals surface area contributed by atoms with Crippen LogP contribution in [0.25, 0.3) is 19.1 Å². The molecule has 6 aromatic rings. The molecule has 2 aliphatic rings. The molecule has 1 atom stereocenters. The lowest BCUT2D eigenvalue weighted by molar-refractivity contribution is -0.118. The van der Waals surface area contributed by atoms with Crippen LogP contribution in [0.4, 0.5) is 31.2 Å². The summed E-state index contributed by atoms with van der Waals surface area (Å²) in [5.74, 6) is 0.260. The van der Waals surface area contributed by atoms with Gasteiger partial charge >= 0.3 is 12.3 Å². The number of amides is 1. The number of para-hydroxylation sites is 1. The van der Waals surface area contributed by atoms with Crippen LogP contribution >= 0.6 is 45.3 Å². The zero-order valence-corrected chi connectivity index (χ0v) is 33.5. The van der Waals surface area contributed by atoms with E-state index in [0.29, 0.717) is 62.3 Å². The molecule has 55 heavy (non-hydrogen) atoms. The zero-order chi connectivity index (χ0) is 38.9. The van der Waals surface area contributed by atoms with E-state index >= 15 is 0 Å². The summed E-state index contributed by atoms with van der Waals surface area (Å²) in [5, 5.41) is 7.17. The van der Waals surface area contributed by atoms with Gasteiger partial charge in [-0.25, -0.2) is 28.0 Å². The summed E-state index contributed by atoms with van der Waals surface area (Å²) >= 11 is 5.16. The van der Waals surface area contributed by atoms with Crippen LogP contribution in [-0.4, -0.2) is 71.1 Å². The maximum absolute atomic E-state index is 13.9. The van der Waals surface area contributed by atoms with Gasteiger partial charge in [-0.1, -0.05) is 40.9 Å². The van der Waals surface area contributed by atoms with Crippen LogP contribution in [0.3, 0.4) is 0 Å². The van der Waals surface area contributed by atoms with Crippen molar-refractivity contribution < 1.29 is 46.5 Å². The second-order valence-corrected chi connectivity index (χ2v) is 17.9. The summed E-state index contributed by atoms with van der Waals surface area (Å²) in [6, 6.07) is 12.1. The van der Waals surface area contributed by atoms with Gasteiger partial charge in [-0.3, -0.25) is 4.79 Å². The first-order valence-electron chi connectivity index (χ1n) is 16.6. The van der Waals surface area contributed by atoms with E-state index < -0.39 is 28.1 Å². The van der Waals surface area contributed by atoms with Crippen LogP contribution in [0.15, 0.2) is 63.0 Å². The molecule has 288 valence electrons. The first-order chi connectivity index (χ1) is 26.5. The molecule has 1 saturated heterocycles. The highest BCUT2D eigenvalue weighted by molar-refractivity contribution is 7.92. The van der Waals surface area contributed by atoms with Gasteiger partial charge in [-0.2, -0.15) is 0 Å². The monoisotopic (exact) mass is 843 g/mol. The number of ether oxygens (including phenoxy) is 5. The van der Waals surface area contributed by atoms with Gasteiger partial charge in [0.25, 0.3) is 0 Å². The van der Waals surface area contributed by atoms with E-state index in [1.54, 1.807) is 41.1 Å². The molecule has 3 N–H and O–H groups in total. The Morgan fingerprint density at radius 3 is 2.20 bits per heavy atom. The lowest BCUT2D eigenvalue weighted by Crippen LogP contribution is -2.27. The van der Waals surface area contributed by atoms with E-state index in [9.17, 15) is 22.8 Å². The molecule has 1 unspecified atom stereocenters. The van der Waals surface area contributed by atoms with Crippen LogP contribution in [0.1, 0.15) is 30.7 Å². The summed E-state index contributed by atoms with van der Waals surface area (Å²) in [5.41, 5.74) is 7.36. The number of hydrogen-bond acceptors (Lipinski definition) is 18. The molecule has 1 amide bonds. The van der Waals surface area contributed by atoms with Crippen molar-refractivity contribution in [2.45, 2.75) is 35.0 Å². The lowest BCUT2D eigenvalue weighted by Gasteiger charge is -2.31. The number of sulfone groups is 1. The molecule has 2 aromatic carbocycles. The van der Waals surface area contributed by atoms with Crippen molar-refractivity contribution in [3.63, 3.8) is 0 Å². The standard InChI is InChI=1S/C28H27N3O7S3.C7H6N2O3S2/c1-31-19-5-3-4-6-22(19)41(34,35)23-8-7-17(14-20(23)31)18(13-16-9-11-37-12-10-16)25(32)29-27-30-26-24(40-27)21(15-39-26)38-28(33)36-2;1-11-7(10)12-3-2-13-5-4(3)14-6(8)9-5/h3-8,14-16,18H,9-13H2,1-2H3,(H,29,30,32);2H,1H3,(H2,8,9). The minimum absolute atomic E-state index is 0.214. The SMILES string of the molecule is COC(=O)Oc1csc2nc(N)sc12.COC(=O)Oc1csc2nc(NC(=O)C(CC3CCOCC3)c3ccc4c(c3)N(C)c3ccccc3S4(=O)=O)sc12. The number of anilines is 4. The number of carbonyl (C=O) groups is 3. The van der Waals surface area contributed by atoms with Crippen molar-refractivity contribution in [2.75, 3.05) is 50.4 Å². The Bertz CT molecular complexity index is 2500. The molecule has 6 heterocycles. The highest BCUT2D eigenvalue weighted by Gasteiger charge is 2.35. The van der Waals surface area contributed by atoms with E-state index in [2.05, 4.69) is 24.8 Å². The quantitative estimate of drug-likeness (QED) is 0.146. The van der Waals surface area contributed by atoms with Gasteiger partial charge in [0.05, 0.1) is 41.3 Å². The van der Waals surface area contributed by atoms with E-state index in [0.717, 1.165) is 27.9 Å². The Hall–Kier alpha value is -4.86. The van der Waals surface area contributed by atoms with Gasteiger partial charge in [0.1, 0.15) is 19.1 Å². The second-order valence-electron chi connectivity index (χ2n) is 12.2. The third-order valence-electron chi connectivity index (χ3n) is 8.94. The van der Waals surface area contributed by atoms with Crippen molar-refractivity contribution in [3.05, 3.63) is 58.8 Å². The molecule has 15 nitrogen and oxygen atoms in total. The predicted octanol–water partition coefficient (Wildman–Crippen LogP) is 8.04. The Morgan fingerprint density at radius 1 is 0.909 bits per heavy atom. The fourth-order valence-electron chi connectivity index (χ4n) is 6.23. The number of aromatic nitrogens is 2.